The van der Waals surface area contributed by atoms with Crippen molar-refractivity contribution in [3.05, 3.63) is 69.9 Å². The number of amides is 1. The van der Waals surface area contributed by atoms with Crippen LogP contribution in [0.25, 0.3) is 0 Å². The highest BCUT2D eigenvalue weighted by molar-refractivity contribution is 9.10. The molecule has 2 aromatic carbocycles. The number of aliphatic hydroxyl groups excluding tert-OH is 1. The molecule has 2 atom stereocenters. The first-order chi connectivity index (χ1) is 12.9. The molecule has 0 saturated carbocycles. The fraction of sp³-hybridized carbons (Fsp3) is 0.381. The summed E-state index contributed by atoms with van der Waals surface area (Å²) in [6, 6.07) is 13.6. The Kier molecular flexibility index (Phi) is 8.25. The number of aliphatic hydroxyl groups is 1. The van der Waals surface area contributed by atoms with Gasteiger partial charge in [0.2, 0.25) is 0 Å². The van der Waals surface area contributed by atoms with Gasteiger partial charge >= 0.3 is 6.09 Å². The smallest absolute Gasteiger partial charge is 0.407 e. The van der Waals surface area contributed by atoms with E-state index in [1.54, 1.807) is 12.1 Å². The highest BCUT2D eigenvalue weighted by atomic mass is 79.9. The third kappa shape index (κ3) is 6.33. The Morgan fingerprint density at radius 1 is 1.07 bits per heavy atom. The van der Waals surface area contributed by atoms with Gasteiger partial charge in [0, 0.05) is 17.6 Å². The second kappa shape index (κ2) is 10.4. The minimum Gasteiger partial charge on any atom is -0.465 e. The van der Waals surface area contributed by atoms with Crippen molar-refractivity contribution < 1.29 is 19.4 Å². The monoisotopic (exact) mass is 437 g/mol. The van der Waals surface area contributed by atoms with Crippen LogP contribution in [0.5, 0.6) is 0 Å². The zero-order valence-electron chi connectivity index (χ0n) is 15.3. The average Bonchev–Trinajstić information content (AvgIpc) is 2.65. The van der Waals surface area contributed by atoms with E-state index in [1.807, 2.05) is 31.2 Å². The van der Waals surface area contributed by atoms with E-state index < -0.39 is 6.09 Å². The van der Waals surface area contributed by atoms with E-state index in [9.17, 15) is 14.3 Å². The van der Waals surface area contributed by atoms with Gasteiger partial charge in [-0.1, -0.05) is 40.2 Å². The lowest BCUT2D eigenvalue weighted by atomic mass is 9.91. The highest BCUT2D eigenvalue weighted by Gasteiger charge is 2.22. The molecule has 0 radical (unpaired) electrons. The topological polar surface area (TPSA) is 60.8 Å². The van der Waals surface area contributed by atoms with Crippen molar-refractivity contribution in [1.82, 2.24) is 4.90 Å². The summed E-state index contributed by atoms with van der Waals surface area (Å²) in [6.07, 6.45) is 0.990. The molecule has 0 bridgehead atoms. The summed E-state index contributed by atoms with van der Waals surface area (Å²) in [5, 5.41) is 18.8. The largest absolute Gasteiger partial charge is 0.465 e. The molecular weight excluding hydrogens is 413 g/mol. The van der Waals surface area contributed by atoms with Crippen LogP contribution in [0.1, 0.15) is 49.3 Å². The van der Waals surface area contributed by atoms with E-state index in [-0.39, 0.29) is 24.4 Å². The molecule has 0 saturated heterocycles. The normalized spacial score (nSPS) is 13.2. The number of carboxylic acid groups (broad SMARTS) is 1. The lowest BCUT2D eigenvalue weighted by Crippen LogP contribution is -2.34. The molecule has 27 heavy (non-hydrogen) atoms. The van der Waals surface area contributed by atoms with Gasteiger partial charge in [-0.2, -0.15) is 0 Å². The Morgan fingerprint density at radius 2 is 1.67 bits per heavy atom. The standard InChI is InChI=1S/C21H25BrFNO3/c1-15(16-4-8-19(22)9-5-16)24(21(26)27)13-12-17(3-2-14-25)18-6-10-20(23)11-7-18/h4-11,15,17,25H,2-3,12-14H2,1H3,(H,26,27)/t15-,17-/m0/s1. The van der Waals surface area contributed by atoms with E-state index in [0.29, 0.717) is 19.4 Å². The van der Waals surface area contributed by atoms with Crippen LogP contribution >= 0.6 is 15.9 Å². The van der Waals surface area contributed by atoms with Crippen molar-refractivity contribution in [2.24, 2.45) is 0 Å². The fourth-order valence-electron chi connectivity index (χ4n) is 3.22. The lowest BCUT2D eigenvalue weighted by Gasteiger charge is -2.29. The third-order valence-corrected chi connectivity index (χ3v) is 5.36. The summed E-state index contributed by atoms with van der Waals surface area (Å²) < 4.78 is 14.2. The first kappa shape index (κ1) is 21.4. The number of carbonyl (C=O) groups is 1. The molecule has 6 heteroatoms. The van der Waals surface area contributed by atoms with Gasteiger partial charge in [-0.15, -0.1) is 0 Å². The van der Waals surface area contributed by atoms with Crippen LogP contribution in [0.4, 0.5) is 9.18 Å². The van der Waals surface area contributed by atoms with Gasteiger partial charge in [-0.3, -0.25) is 0 Å². The second-order valence-electron chi connectivity index (χ2n) is 6.61. The zero-order valence-corrected chi connectivity index (χ0v) is 16.9. The van der Waals surface area contributed by atoms with Gasteiger partial charge < -0.3 is 15.1 Å². The van der Waals surface area contributed by atoms with Crippen molar-refractivity contribution in [2.75, 3.05) is 13.2 Å². The summed E-state index contributed by atoms with van der Waals surface area (Å²) >= 11 is 3.39. The zero-order chi connectivity index (χ0) is 19.8. The summed E-state index contributed by atoms with van der Waals surface area (Å²) in [4.78, 5) is 13.2. The molecule has 0 spiro atoms. The van der Waals surface area contributed by atoms with Crippen LogP contribution in [0, 0.1) is 5.82 Å². The summed E-state index contributed by atoms with van der Waals surface area (Å²) in [7, 11) is 0. The Bertz CT molecular complexity index is 721. The molecule has 146 valence electrons. The number of benzene rings is 2. The van der Waals surface area contributed by atoms with E-state index in [1.165, 1.54) is 17.0 Å². The number of hydrogen-bond donors (Lipinski definition) is 2. The van der Waals surface area contributed by atoms with Crippen molar-refractivity contribution in [3.8, 4) is 0 Å². The summed E-state index contributed by atoms with van der Waals surface area (Å²) in [5.41, 5.74) is 1.89. The minimum absolute atomic E-state index is 0.0664. The number of halogens is 2. The van der Waals surface area contributed by atoms with E-state index >= 15 is 0 Å². The van der Waals surface area contributed by atoms with Crippen molar-refractivity contribution >= 4 is 22.0 Å². The van der Waals surface area contributed by atoms with Crippen LogP contribution < -0.4 is 0 Å². The molecule has 0 aliphatic carbocycles. The molecule has 0 unspecified atom stereocenters. The van der Waals surface area contributed by atoms with Crippen LogP contribution in [-0.4, -0.2) is 34.4 Å². The molecule has 2 rings (SSSR count). The van der Waals surface area contributed by atoms with Gasteiger partial charge in [-0.25, -0.2) is 9.18 Å². The maximum Gasteiger partial charge on any atom is 0.407 e. The van der Waals surface area contributed by atoms with E-state index in [0.717, 1.165) is 22.0 Å². The minimum atomic E-state index is -0.967. The van der Waals surface area contributed by atoms with Crippen molar-refractivity contribution in [2.45, 2.75) is 38.1 Å². The molecule has 0 aliphatic heterocycles. The van der Waals surface area contributed by atoms with Crippen LogP contribution in [0.3, 0.4) is 0 Å². The predicted molar refractivity (Wildman–Crippen MR) is 107 cm³/mol. The van der Waals surface area contributed by atoms with Crippen molar-refractivity contribution in [3.63, 3.8) is 0 Å². The number of rotatable bonds is 9. The van der Waals surface area contributed by atoms with E-state index in [2.05, 4.69) is 15.9 Å². The quantitative estimate of drug-likeness (QED) is 0.538. The fourth-order valence-corrected chi connectivity index (χ4v) is 3.49. The second-order valence-corrected chi connectivity index (χ2v) is 7.52. The molecule has 4 nitrogen and oxygen atoms in total. The molecule has 2 aromatic rings. The predicted octanol–water partition coefficient (Wildman–Crippen LogP) is 5.58. The first-order valence-electron chi connectivity index (χ1n) is 9.03. The summed E-state index contributed by atoms with van der Waals surface area (Å²) in [6.45, 7) is 2.31. The third-order valence-electron chi connectivity index (χ3n) is 4.84. The maximum absolute atomic E-state index is 13.2. The first-order valence-corrected chi connectivity index (χ1v) is 9.83. The highest BCUT2D eigenvalue weighted by Crippen LogP contribution is 2.28. The average molecular weight is 438 g/mol. The molecule has 2 N–H and O–H groups in total. The van der Waals surface area contributed by atoms with Gasteiger partial charge in [0.25, 0.3) is 0 Å². The number of hydrogen-bond acceptors (Lipinski definition) is 2. The lowest BCUT2D eigenvalue weighted by molar-refractivity contribution is 0.125. The number of nitrogens with zero attached hydrogens (tertiary/aromatic N) is 1. The molecule has 0 aliphatic rings. The Balaban J connectivity index is 2.11. The van der Waals surface area contributed by atoms with E-state index in [4.69, 9.17) is 5.11 Å². The van der Waals surface area contributed by atoms with Crippen LogP contribution in [0.2, 0.25) is 0 Å². The Hall–Kier alpha value is -1.92. The van der Waals surface area contributed by atoms with Crippen molar-refractivity contribution in [1.29, 1.82) is 0 Å². The molecular formula is C21H25BrFNO3. The van der Waals surface area contributed by atoms with Crippen LogP contribution in [0.15, 0.2) is 53.0 Å². The SMILES string of the molecule is C[C@@H](c1ccc(Br)cc1)N(CC[C@H](CCCO)c1ccc(F)cc1)C(=O)O. The molecule has 0 fully saturated rings. The Morgan fingerprint density at radius 3 is 2.22 bits per heavy atom. The maximum atomic E-state index is 13.2. The summed E-state index contributed by atoms with van der Waals surface area (Å²) in [5.74, 6) is -0.229. The van der Waals surface area contributed by atoms with Crippen LogP contribution in [-0.2, 0) is 0 Å². The Labute approximate surface area is 167 Å². The molecule has 0 aromatic heterocycles. The van der Waals surface area contributed by atoms with Gasteiger partial charge in [-0.05, 0) is 67.5 Å². The van der Waals surface area contributed by atoms with Gasteiger partial charge in [0.1, 0.15) is 5.82 Å². The van der Waals surface area contributed by atoms with Gasteiger partial charge in [0.05, 0.1) is 6.04 Å². The molecule has 1 amide bonds. The molecule has 0 heterocycles. The van der Waals surface area contributed by atoms with Gasteiger partial charge in [0.15, 0.2) is 0 Å².